The van der Waals surface area contributed by atoms with Gasteiger partial charge in [0.25, 0.3) is 0 Å². The predicted octanol–water partition coefficient (Wildman–Crippen LogP) is 5.70. The van der Waals surface area contributed by atoms with E-state index in [0.29, 0.717) is 12.5 Å². The quantitative estimate of drug-likeness (QED) is 0.431. The zero-order valence-corrected chi connectivity index (χ0v) is 20.4. The van der Waals surface area contributed by atoms with E-state index in [9.17, 15) is 0 Å². The molecule has 0 amide bonds. The summed E-state index contributed by atoms with van der Waals surface area (Å²) in [5, 5.41) is 2.43. The van der Waals surface area contributed by atoms with Crippen molar-refractivity contribution < 1.29 is 19.5 Å². The molecule has 176 valence electrons. The number of methoxy groups -OCH3 is 1. The summed E-state index contributed by atoms with van der Waals surface area (Å²) in [6.45, 7) is 8.90. The fourth-order valence-electron chi connectivity index (χ4n) is 4.96. The summed E-state index contributed by atoms with van der Waals surface area (Å²) in [5.74, 6) is 4.05. The minimum Gasteiger partial charge on any atom is -0.493 e. The van der Waals surface area contributed by atoms with E-state index in [1.165, 1.54) is 49.7 Å². The average molecular weight is 441 g/mol. The van der Waals surface area contributed by atoms with Crippen LogP contribution < -0.4 is 19.5 Å². The summed E-state index contributed by atoms with van der Waals surface area (Å²) < 4.78 is 17.0. The van der Waals surface area contributed by atoms with Crippen LogP contribution in [-0.4, -0.2) is 26.4 Å². The van der Waals surface area contributed by atoms with Gasteiger partial charge in [0.05, 0.1) is 26.4 Å². The number of benzene rings is 2. The molecule has 0 aromatic heterocycles. The second kappa shape index (κ2) is 12.7. The summed E-state index contributed by atoms with van der Waals surface area (Å²) in [4.78, 5) is 0. The normalized spacial score (nSPS) is 15.5. The van der Waals surface area contributed by atoms with E-state index in [-0.39, 0.29) is 6.10 Å². The molecule has 3 rings (SSSR count). The predicted molar refractivity (Wildman–Crippen MR) is 131 cm³/mol. The zero-order valence-electron chi connectivity index (χ0n) is 20.4. The van der Waals surface area contributed by atoms with Crippen LogP contribution >= 0.6 is 0 Å². The number of quaternary nitrogens is 1. The standard InChI is InChI=1S/C28H41NO3/c1-5-31-28-19-22(11-16-27(28)30-4)20-29-18-17-26(23-9-7-6-8-10-23)24-12-14-25(15-13-24)32-21(2)3/h11-16,19,21,23,26,29H,5-10,17-18,20H2,1-4H3/p+1/t26-/m1/s1. The molecule has 0 saturated heterocycles. The van der Waals surface area contributed by atoms with Crippen molar-refractivity contribution in [1.82, 2.24) is 0 Å². The molecule has 2 aromatic carbocycles. The van der Waals surface area contributed by atoms with Gasteiger partial charge in [-0.2, -0.15) is 0 Å². The topological polar surface area (TPSA) is 44.3 Å². The van der Waals surface area contributed by atoms with Gasteiger partial charge >= 0.3 is 0 Å². The second-order valence-electron chi connectivity index (χ2n) is 9.23. The summed E-state index contributed by atoms with van der Waals surface area (Å²) >= 11 is 0. The molecule has 4 heteroatoms. The molecule has 1 aliphatic carbocycles. The minimum absolute atomic E-state index is 0.214. The van der Waals surface area contributed by atoms with Gasteiger partial charge in [0.2, 0.25) is 0 Å². The van der Waals surface area contributed by atoms with Crippen molar-refractivity contribution in [2.24, 2.45) is 5.92 Å². The Morgan fingerprint density at radius 1 is 0.969 bits per heavy atom. The molecule has 1 fully saturated rings. The first-order valence-electron chi connectivity index (χ1n) is 12.5. The number of rotatable bonds is 12. The smallest absolute Gasteiger partial charge is 0.161 e. The van der Waals surface area contributed by atoms with E-state index < -0.39 is 0 Å². The van der Waals surface area contributed by atoms with Gasteiger partial charge in [0, 0.05) is 12.0 Å². The lowest BCUT2D eigenvalue weighted by Crippen LogP contribution is -2.82. The third-order valence-corrected chi connectivity index (χ3v) is 6.49. The van der Waals surface area contributed by atoms with Gasteiger partial charge in [0.15, 0.2) is 11.5 Å². The maximum absolute atomic E-state index is 5.86. The summed E-state index contributed by atoms with van der Waals surface area (Å²) in [5.41, 5.74) is 2.75. The van der Waals surface area contributed by atoms with Crippen molar-refractivity contribution in [2.75, 3.05) is 20.3 Å². The average Bonchev–Trinajstić information content (AvgIpc) is 2.80. The van der Waals surface area contributed by atoms with Gasteiger partial charge in [-0.3, -0.25) is 0 Å². The summed E-state index contributed by atoms with van der Waals surface area (Å²) in [6, 6.07) is 15.2. The second-order valence-corrected chi connectivity index (χ2v) is 9.23. The molecule has 0 heterocycles. The van der Waals surface area contributed by atoms with Gasteiger partial charge in [-0.1, -0.05) is 31.4 Å². The summed E-state index contributed by atoms with van der Waals surface area (Å²) in [6.07, 6.45) is 8.32. The number of nitrogens with two attached hydrogens (primary N) is 1. The van der Waals surface area contributed by atoms with Crippen molar-refractivity contribution in [3.05, 3.63) is 53.6 Å². The lowest BCUT2D eigenvalue weighted by Gasteiger charge is -2.30. The molecule has 2 N–H and O–H groups in total. The van der Waals surface area contributed by atoms with Crippen LogP contribution in [0.15, 0.2) is 42.5 Å². The molecule has 4 nitrogen and oxygen atoms in total. The van der Waals surface area contributed by atoms with Gasteiger partial charge in [-0.05, 0) is 81.3 Å². The Kier molecular flexibility index (Phi) is 9.73. The number of hydrogen-bond donors (Lipinski definition) is 1. The largest absolute Gasteiger partial charge is 0.493 e. The SMILES string of the molecule is CCOc1cc(C[NH2+]CC[C@@H](c2ccc(OC(C)C)cc2)C2CCCCC2)ccc1OC. The molecule has 1 saturated carbocycles. The van der Waals surface area contributed by atoms with Crippen LogP contribution in [0.4, 0.5) is 0 Å². The van der Waals surface area contributed by atoms with Crippen LogP contribution in [-0.2, 0) is 6.54 Å². The Bertz CT molecular complexity index is 797. The van der Waals surface area contributed by atoms with Crippen molar-refractivity contribution in [2.45, 2.75) is 77.9 Å². The van der Waals surface area contributed by atoms with E-state index in [2.05, 4.69) is 55.6 Å². The lowest BCUT2D eigenvalue weighted by atomic mass is 9.75. The molecule has 0 unspecified atom stereocenters. The van der Waals surface area contributed by atoms with Crippen LogP contribution in [0.1, 0.15) is 76.3 Å². The van der Waals surface area contributed by atoms with Crippen molar-refractivity contribution in [3.63, 3.8) is 0 Å². The van der Waals surface area contributed by atoms with Crippen LogP contribution in [0.2, 0.25) is 0 Å². The number of hydrogen-bond acceptors (Lipinski definition) is 3. The Morgan fingerprint density at radius 3 is 2.38 bits per heavy atom. The maximum atomic E-state index is 5.86. The van der Waals surface area contributed by atoms with E-state index in [4.69, 9.17) is 14.2 Å². The van der Waals surface area contributed by atoms with Gasteiger partial charge in [0.1, 0.15) is 12.3 Å². The molecule has 0 radical (unpaired) electrons. The molecule has 0 aliphatic heterocycles. The third-order valence-electron chi connectivity index (χ3n) is 6.49. The van der Waals surface area contributed by atoms with Crippen LogP contribution in [0.25, 0.3) is 0 Å². The van der Waals surface area contributed by atoms with E-state index in [1.807, 2.05) is 13.0 Å². The highest BCUT2D eigenvalue weighted by atomic mass is 16.5. The first-order chi connectivity index (χ1) is 15.6. The monoisotopic (exact) mass is 440 g/mol. The van der Waals surface area contributed by atoms with E-state index >= 15 is 0 Å². The van der Waals surface area contributed by atoms with E-state index in [1.54, 1.807) is 7.11 Å². The Labute approximate surface area is 194 Å². The molecular formula is C28H42NO3+. The molecule has 1 aliphatic rings. The van der Waals surface area contributed by atoms with Crippen LogP contribution in [0.3, 0.4) is 0 Å². The Hall–Kier alpha value is -2.20. The Morgan fingerprint density at radius 2 is 1.72 bits per heavy atom. The van der Waals surface area contributed by atoms with Crippen molar-refractivity contribution in [3.8, 4) is 17.2 Å². The van der Waals surface area contributed by atoms with Gasteiger partial charge in [-0.15, -0.1) is 0 Å². The van der Waals surface area contributed by atoms with Gasteiger partial charge in [-0.25, -0.2) is 0 Å². The summed E-state index contributed by atoms with van der Waals surface area (Å²) in [7, 11) is 1.69. The van der Waals surface area contributed by atoms with Crippen molar-refractivity contribution >= 4 is 0 Å². The highest BCUT2D eigenvalue weighted by Gasteiger charge is 2.25. The highest BCUT2D eigenvalue weighted by molar-refractivity contribution is 5.42. The van der Waals surface area contributed by atoms with Gasteiger partial charge < -0.3 is 19.5 Å². The molecule has 0 spiro atoms. The third kappa shape index (κ3) is 7.16. The van der Waals surface area contributed by atoms with E-state index in [0.717, 1.165) is 36.3 Å². The minimum atomic E-state index is 0.214. The molecule has 1 atom stereocenters. The highest BCUT2D eigenvalue weighted by Crippen LogP contribution is 2.38. The Balaban J connectivity index is 1.60. The zero-order chi connectivity index (χ0) is 22.8. The maximum Gasteiger partial charge on any atom is 0.161 e. The fourth-order valence-corrected chi connectivity index (χ4v) is 4.96. The van der Waals surface area contributed by atoms with Crippen LogP contribution in [0.5, 0.6) is 17.2 Å². The molecule has 32 heavy (non-hydrogen) atoms. The lowest BCUT2D eigenvalue weighted by molar-refractivity contribution is -0.671. The van der Waals surface area contributed by atoms with Crippen molar-refractivity contribution in [1.29, 1.82) is 0 Å². The molecular weight excluding hydrogens is 398 g/mol. The first-order valence-corrected chi connectivity index (χ1v) is 12.5. The number of ether oxygens (including phenoxy) is 3. The molecule has 2 aromatic rings. The molecule has 0 bridgehead atoms. The van der Waals surface area contributed by atoms with Crippen LogP contribution in [0, 0.1) is 5.92 Å². The first kappa shape index (κ1) is 24.4. The fraction of sp³-hybridized carbons (Fsp3) is 0.571.